The van der Waals surface area contributed by atoms with Gasteiger partial charge in [0.25, 0.3) is 5.91 Å². The van der Waals surface area contributed by atoms with Gasteiger partial charge in [-0.15, -0.1) is 5.10 Å². The highest BCUT2D eigenvalue weighted by Gasteiger charge is 2.32. The molecule has 0 saturated carbocycles. The summed E-state index contributed by atoms with van der Waals surface area (Å²) in [6.45, 7) is 5.23. The van der Waals surface area contributed by atoms with E-state index >= 15 is 0 Å². The molecule has 128 valence electrons. The van der Waals surface area contributed by atoms with Crippen molar-refractivity contribution in [1.82, 2.24) is 19.9 Å². The number of piperidine rings is 1. The second-order valence-corrected chi connectivity index (χ2v) is 6.87. The number of likely N-dealkylation sites (tertiary alicyclic amines) is 1. The number of halogens is 1. The molecule has 1 aliphatic rings. The number of carbonyl (C=O) groups is 1. The smallest absolute Gasteiger partial charge is 0.276 e. The number of nitrogens with zero attached hydrogens (tertiary/aromatic N) is 4. The van der Waals surface area contributed by atoms with E-state index in [4.69, 9.17) is 17.3 Å². The van der Waals surface area contributed by atoms with Crippen molar-refractivity contribution in [2.75, 3.05) is 13.1 Å². The molecule has 2 N–H and O–H groups in total. The predicted molar refractivity (Wildman–Crippen MR) is 93.4 cm³/mol. The molecule has 2 atom stereocenters. The number of nitrogens with two attached hydrogens (primary N) is 1. The van der Waals surface area contributed by atoms with Crippen molar-refractivity contribution in [1.29, 1.82) is 0 Å². The Hall–Kier alpha value is -1.92. The summed E-state index contributed by atoms with van der Waals surface area (Å²) < 4.78 is 1.64. The van der Waals surface area contributed by atoms with Crippen molar-refractivity contribution in [3.8, 4) is 5.69 Å². The summed E-state index contributed by atoms with van der Waals surface area (Å²) in [4.78, 5) is 14.8. The monoisotopic (exact) mass is 347 g/mol. The quantitative estimate of drug-likeness (QED) is 0.925. The molecule has 3 rings (SSSR count). The van der Waals surface area contributed by atoms with Crippen LogP contribution < -0.4 is 5.73 Å². The van der Waals surface area contributed by atoms with Gasteiger partial charge in [-0.2, -0.15) is 0 Å². The third kappa shape index (κ3) is 3.16. The van der Waals surface area contributed by atoms with Gasteiger partial charge in [-0.25, -0.2) is 4.68 Å². The van der Waals surface area contributed by atoms with Crippen LogP contribution in [0.15, 0.2) is 24.3 Å². The fraction of sp³-hybridized carbons (Fsp3) is 0.471. The van der Waals surface area contributed by atoms with Crippen molar-refractivity contribution in [2.45, 2.75) is 32.7 Å². The predicted octanol–water partition coefficient (Wildman–Crippen LogP) is 2.43. The molecule has 1 amide bonds. The third-order valence-corrected chi connectivity index (χ3v) is 4.90. The number of hydrogen-bond acceptors (Lipinski definition) is 4. The molecule has 24 heavy (non-hydrogen) atoms. The summed E-state index contributed by atoms with van der Waals surface area (Å²) in [5.41, 5.74) is 7.74. The number of benzene rings is 1. The zero-order valence-electron chi connectivity index (χ0n) is 13.9. The molecule has 1 aromatic heterocycles. The Bertz CT molecular complexity index is 744. The van der Waals surface area contributed by atoms with Gasteiger partial charge in [0, 0.05) is 24.2 Å². The van der Waals surface area contributed by atoms with Gasteiger partial charge >= 0.3 is 0 Å². The second kappa shape index (κ2) is 6.91. The molecule has 2 unspecified atom stereocenters. The molecule has 6 nitrogen and oxygen atoms in total. The van der Waals surface area contributed by atoms with Crippen LogP contribution in [0.4, 0.5) is 0 Å². The molecule has 1 aromatic carbocycles. The minimum Gasteiger partial charge on any atom is -0.333 e. The zero-order valence-corrected chi connectivity index (χ0v) is 14.7. The number of rotatable bonds is 3. The Morgan fingerprint density at radius 3 is 2.96 bits per heavy atom. The molecule has 2 heterocycles. The molecule has 2 aromatic rings. The van der Waals surface area contributed by atoms with E-state index in [0.717, 1.165) is 18.5 Å². The van der Waals surface area contributed by atoms with Crippen molar-refractivity contribution in [2.24, 2.45) is 11.7 Å². The second-order valence-electron chi connectivity index (χ2n) is 6.43. The Labute approximate surface area is 146 Å². The largest absolute Gasteiger partial charge is 0.333 e. The highest BCUT2D eigenvalue weighted by atomic mass is 35.5. The van der Waals surface area contributed by atoms with Crippen LogP contribution >= 0.6 is 11.6 Å². The zero-order chi connectivity index (χ0) is 17.3. The lowest BCUT2D eigenvalue weighted by Crippen LogP contribution is -2.49. The Balaban J connectivity index is 1.89. The standard InChI is InChI=1S/C17H22ClN5O/c1-11-6-7-22(15(8-11)10-19)17(24)16-12(2)23(21-20-16)14-5-3-4-13(18)9-14/h3-5,9,11,15H,6-8,10,19H2,1-2H3. The van der Waals surface area contributed by atoms with Gasteiger partial charge in [-0.3, -0.25) is 4.79 Å². The van der Waals surface area contributed by atoms with Gasteiger partial charge in [0.15, 0.2) is 5.69 Å². The highest BCUT2D eigenvalue weighted by molar-refractivity contribution is 6.30. The van der Waals surface area contributed by atoms with Crippen LogP contribution in [0.25, 0.3) is 5.69 Å². The van der Waals surface area contributed by atoms with Gasteiger partial charge in [0.1, 0.15) is 0 Å². The minimum absolute atomic E-state index is 0.0666. The summed E-state index contributed by atoms with van der Waals surface area (Å²) in [6.07, 6.45) is 1.92. The maximum Gasteiger partial charge on any atom is 0.276 e. The van der Waals surface area contributed by atoms with Gasteiger partial charge in [-0.05, 0) is 43.9 Å². The SMILES string of the molecule is Cc1c(C(=O)N2CCC(C)CC2CN)nnn1-c1cccc(Cl)c1. The summed E-state index contributed by atoms with van der Waals surface area (Å²) >= 11 is 6.04. The maximum absolute atomic E-state index is 12.9. The number of hydrogen-bond donors (Lipinski definition) is 1. The molecular weight excluding hydrogens is 326 g/mol. The maximum atomic E-state index is 12.9. The molecule has 7 heteroatoms. The van der Waals surface area contributed by atoms with Gasteiger partial charge < -0.3 is 10.6 Å². The van der Waals surface area contributed by atoms with Crippen LogP contribution in [0.1, 0.15) is 35.9 Å². The van der Waals surface area contributed by atoms with E-state index in [1.54, 1.807) is 16.8 Å². The lowest BCUT2D eigenvalue weighted by atomic mass is 9.92. The Kier molecular flexibility index (Phi) is 4.87. The fourth-order valence-corrected chi connectivity index (χ4v) is 3.44. The Morgan fingerprint density at radius 2 is 2.25 bits per heavy atom. The van der Waals surface area contributed by atoms with Crippen LogP contribution in [0.5, 0.6) is 0 Å². The van der Waals surface area contributed by atoms with Gasteiger partial charge in [-0.1, -0.05) is 29.8 Å². The van der Waals surface area contributed by atoms with E-state index in [-0.39, 0.29) is 11.9 Å². The lowest BCUT2D eigenvalue weighted by molar-refractivity contribution is 0.0566. The van der Waals surface area contributed by atoms with Crippen LogP contribution in [-0.2, 0) is 0 Å². The molecule has 1 aliphatic heterocycles. The molecule has 0 aliphatic carbocycles. The van der Waals surface area contributed by atoms with Crippen LogP contribution in [0, 0.1) is 12.8 Å². The van der Waals surface area contributed by atoms with E-state index in [2.05, 4.69) is 17.2 Å². The van der Waals surface area contributed by atoms with E-state index in [9.17, 15) is 4.79 Å². The number of aromatic nitrogens is 3. The molecule has 1 fully saturated rings. The first-order valence-electron chi connectivity index (χ1n) is 8.20. The minimum atomic E-state index is -0.0943. The number of amides is 1. The molecule has 0 bridgehead atoms. The van der Waals surface area contributed by atoms with Crippen LogP contribution in [0.3, 0.4) is 0 Å². The molecule has 0 spiro atoms. The molecular formula is C17H22ClN5O. The van der Waals surface area contributed by atoms with E-state index < -0.39 is 0 Å². The van der Waals surface area contributed by atoms with Crippen molar-refractivity contribution < 1.29 is 4.79 Å². The van der Waals surface area contributed by atoms with Crippen molar-refractivity contribution in [3.63, 3.8) is 0 Å². The lowest BCUT2D eigenvalue weighted by Gasteiger charge is -2.37. The first-order valence-corrected chi connectivity index (χ1v) is 8.58. The van der Waals surface area contributed by atoms with E-state index in [0.29, 0.717) is 35.4 Å². The normalized spacial score (nSPS) is 21.1. The van der Waals surface area contributed by atoms with Crippen LogP contribution in [0.2, 0.25) is 5.02 Å². The summed E-state index contributed by atoms with van der Waals surface area (Å²) in [6, 6.07) is 7.38. The third-order valence-electron chi connectivity index (χ3n) is 4.66. The average molecular weight is 348 g/mol. The summed E-state index contributed by atoms with van der Waals surface area (Å²) in [7, 11) is 0. The first-order chi connectivity index (χ1) is 11.5. The molecule has 1 saturated heterocycles. The van der Waals surface area contributed by atoms with Gasteiger partial charge in [0.05, 0.1) is 11.4 Å². The first kappa shape index (κ1) is 16.9. The molecule has 0 radical (unpaired) electrons. The van der Waals surface area contributed by atoms with Crippen molar-refractivity contribution >= 4 is 17.5 Å². The van der Waals surface area contributed by atoms with Gasteiger partial charge in [0.2, 0.25) is 0 Å². The summed E-state index contributed by atoms with van der Waals surface area (Å²) in [5.74, 6) is 0.494. The van der Waals surface area contributed by atoms with E-state index in [1.807, 2.05) is 24.0 Å². The van der Waals surface area contributed by atoms with Crippen LogP contribution in [-0.4, -0.2) is 44.9 Å². The highest BCUT2D eigenvalue weighted by Crippen LogP contribution is 2.24. The topological polar surface area (TPSA) is 77.0 Å². The summed E-state index contributed by atoms with van der Waals surface area (Å²) in [5, 5.41) is 8.87. The van der Waals surface area contributed by atoms with Crippen molar-refractivity contribution in [3.05, 3.63) is 40.7 Å². The average Bonchev–Trinajstić information content (AvgIpc) is 2.95. The Morgan fingerprint density at radius 1 is 1.46 bits per heavy atom. The fourth-order valence-electron chi connectivity index (χ4n) is 3.26. The van der Waals surface area contributed by atoms with E-state index in [1.165, 1.54) is 0 Å². The number of carbonyl (C=O) groups excluding carboxylic acids is 1.